The Morgan fingerprint density at radius 1 is 1.24 bits per heavy atom. The van der Waals surface area contributed by atoms with Crippen LogP contribution in [0.15, 0.2) is 47.9 Å². The molecule has 110 valence electrons. The number of hydrogen-bond donors (Lipinski definition) is 1. The molecule has 0 aliphatic rings. The Bertz CT molecular complexity index is 593. The Labute approximate surface area is 128 Å². The summed E-state index contributed by atoms with van der Waals surface area (Å²) >= 11 is 1.59. The smallest absolute Gasteiger partial charge is 0.244 e. The first-order valence-electron chi connectivity index (χ1n) is 6.55. The Balaban J connectivity index is 1.71. The van der Waals surface area contributed by atoms with Crippen molar-refractivity contribution >= 4 is 23.3 Å². The van der Waals surface area contributed by atoms with Gasteiger partial charge in [-0.3, -0.25) is 4.79 Å². The molecule has 1 aromatic heterocycles. The van der Waals surface area contributed by atoms with Gasteiger partial charge in [-0.1, -0.05) is 18.2 Å². The molecule has 0 unspecified atom stereocenters. The molecule has 0 aliphatic carbocycles. The minimum atomic E-state index is -0.132. The number of nitrogens with one attached hydrogen (secondary N) is 1. The number of thiophene rings is 1. The molecule has 1 heterocycles. The van der Waals surface area contributed by atoms with Gasteiger partial charge in [0.1, 0.15) is 6.61 Å². The Hall–Kier alpha value is -2.27. The highest BCUT2D eigenvalue weighted by Gasteiger charge is 2.02. The molecule has 2 aromatic rings. The molecule has 0 saturated heterocycles. The minimum absolute atomic E-state index is 0.132. The van der Waals surface area contributed by atoms with Crippen LogP contribution in [-0.2, 0) is 4.79 Å². The fraction of sp³-hybridized carbons (Fsp3) is 0.188. The van der Waals surface area contributed by atoms with E-state index >= 15 is 0 Å². The first-order valence-corrected chi connectivity index (χ1v) is 7.43. The monoisotopic (exact) mass is 303 g/mol. The topological polar surface area (TPSA) is 47.6 Å². The quantitative estimate of drug-likeness (QED) is 0.632. The standard InChI is InChI=1S/C16H17NO3S/c1-19-14-6-2-3-7-15(14)20-11-10-17-16(18)9-8-13-5-4-12-21-13/h2-9,12H,10-11H2,1H3,(H,17,18)/b9-8+. The van der Waals surface area contributed by atoms with Crippen molar-refractivity contribution in [2.75, 3.05) is 20.3 Å². The third-order valence-corrected chi connectivity index (χ3v) is 3.51. The zero-order valence-electron chi connectivity index (χ0n) is 11.7. The summed E-state index contributed by atoms with van der Waals surface area (Å²) in [6.07, 6.45) is 3.32. The molecule has 0 saturated carbocycles. The predicted molar refractivity (Wildman–Crippen MR) is 84.9 cm³/mol. The van der Waals surface area contributed by atoms with E-state index in [1.807, 2.05) is 41.8 Å². The second-order valence-corrected chi connectivity index (χ2v) is 5.12. The maximum absolute atomic E-state index is 11.6. The van der Waals surface area contributed by atoms with E-state index in [-0.39, 0.29) is 5.91 Å². The molecule has 0 bridgehead atoms. The van der Waals surface area contributed by atoms with Gasteiger partial charge in [0, 0.05) is 11.0 Å². The van der Waals surface area contributed by atoms with Crippen LogP contribution in [0.5, 0.6) is 11.5 Å². The largest absolute Gasteiger partial charge is 0.493 e. The van der Waals surface area contributed by atoms with Gasteiger partial charge in [-0.05, 0) is 29.7 Å². The maximum Gasteiger partial charge on any atom is 0.244 e. The molecule has 4 nitrogen and oxygen atoms in total. The molecule has 0 atom stereocenters. The summed E-state index contributed by atoms with van der Waals surface area (Å²) in [6, 6.07) is 11.3. The highest BCUT2D eigenvalue weighted by atomic mass is 32.1. The number of hydrogen-bond acceptors (Lipinski definition) is 4. The second kappa shape index (κ2) is 8.11. The Morgan fingerprint density at radius 2 is 2.05 bits per heavy atom. The van der Waals surface area contributed by atoms with Crippen LogP contribution in [0.25, 0.3) is 6.08 Å². The van der Waals surface area contributed by atoms with E-state index in [1.54, 1.807) is 24.5 Å². The number of ether oxygens (including phenoxy) is 2. The lowest BCUT2D eigenvalue weighted by molar-refractivity contribution is -0.116. The normalized spacial score (nSPS) is 10.5. The van der Waals surface area contributed by atoms with Crippen LogP contribution in [0.4, 0.5) is 0 Å². The molecular weight excluding hydrogens is 286 g/mol. The molecule has 5 heteroatoms. The molecule has 0 radical (unpaired) electrons. The second-order valence-electron chi connectivity index (χ2n) is 4.14. The van der Waals surface area contributed by atoms with Crippen LogP contribution in [0.1, 0.15) is 4.88 Å². The summed E-state index contributed by atoms with van der Waals surface area (Å²) in [4.78, 5) is 12.7. The van der Waals surface area contributed by atoms with E-state index in [4.69, 9.17) is 9.47 Å². The van der Waals surface area contributed by atoms with E-state index < -0.39 is 0 Å². The van der Waals surface area contributed by atoms with Crippen molar-refractivity contribution < 1.29 is 14.3 Å². The number of rotatable bonds is 7. The van der Waals surface area contributed by atoms with Crippen LogP contribution in [0.2, 0.25) is 0 Å². The zero-order chi connectivity index (χ0) is 14.9. The van der Waals surface area contributed by atoms with Crippen LogP contribution in [0.3, 0.4) is 0 Å². The number of carbonyl (C=O) groups is 1. The highest BCUT2D eigenvalue weighted by Crippen LogP contribution is 2.25. The molecule has 2 rings (SSSR count). The summed E-state index contributed by atoms with van der Waals surface area (Å²) in [6.45, 7) is 0.824. The first-order chi connectivity index (χ1) is 10.3. The van der Waals surface area contributed by atoms with Gasteiger partial charge in [0.15, 0.2) is 11.5 Å². The van der Waals surface area contributed by atoms with Crippen molar-refractivity contribution in [1.82, 2.24) is 5.32 Å². The summed E-state index contributed by atoms with van der Waals surface area (Å²) in [7, 11) is 1.60. The predicted octanol–water partition coefficient (Wildman–Crippen LogP) is 2.97. The lowest BCUT2D eigenvalue weighted by atomic mass is 10.3. The molecule has 0 fully saturated rings. The van der Waals surface area contributed by atoms with Gasteiger partial charge in [-0.15, -0.1) is 11.3 Å². The molecule has 0 aliphatic heterocycles. The van der Waals surface area contributed by atoms with Gasteiger partial charge in [-0.2, -0.15) is 0 Å². The van der Waals surface area contributed by atoms with Crippen LogP contribution in [-0.4, -0.2) is 26.2 Å². The summed E-state index contributed by atoms with van der Waals surface area (Å²) < 4.78 is 10.7. The summed E-state index contributed by atoms with van der Waals surface area (Å²) in [5, 5.41) is 4.74. The van der Waals surface area contributed by atoms with Crippen molar-refractivity contribution in [2.24, 2.45) is 0 Å². The molecule has 1 aromatic carbocycles. The Morgan fingerprint density at radius 3 is 2.76 bits per heavy atom. The lowest BCUT2D eigenvalue weighted by Gasteiger charge is -2.10. The lowest BCUT2D eigenvalue weighted by Crippen LogP contribution is -2.26. The van der Waals surface area contributed by atoms with Crippen LogP contribution in [0, 0.1) is 0 Å². The third-order valence-electron chi connectivity index (χ3n) is 2.67. The average Bonchev–Trinajstić information content (AvgIpc) is 3.03. The summed E-state index contributed by atoms with van der Waals surface area (Å²) in [5.41, 5.74) is 0. The number of methoxy groups -OCH3 is 1. The fourth-order valence-corrected chi connectivity index (χ4v) is 2.29. The van der Waals surface area contributed by atoms with Crippen LogP contribution >= 0.6 is 11.3 Å². The third kappa shape index (κ3) is 4.96. The molecule has 0 spiro atoms. The van der Waals surface area contributed by atoms with E-state index in [9.17, 15) is 4.79 Å². The molecular formula is C16H17NO3S. The minimum Gasteiger partial charge on any atom is -0.493 e. The highest BCUT2D eigenvalue weighted by molar-refractivity contribution is 7.10. The first kappa shape index (κ1) is 15.1. The SMILES string of the molecule is COc1ccccc1OCCNC(=O)/C=C/c1cccs1. The van der Waals surface area contributed by atoms with Crippen LogP contribution < -0.4 is 14.8 Å². The van der Waals surface area contributed by atoms with Gasteiger partial charge in [0.05, 0.1) is 13.7 Å². The molecule has 1 amide bonds. The molecule has 21 heavy (non-hydrogen) atoms. The van der Waals surface area contributed by atoms with E-state index in [0.717, 1.165) is 4.88 Å². The number of para-hydroxylation sites is 2. The van der Waals surface area contributed by atoms with Gasteiger partial charge in [0.2, 0.25) is 5.91 Å². The van der Waals surface area contributed by atoms with E-state index in [0.29, 0.717) is 24.7 Å². The molecule has 1 N–H and O–H groups in total. The van der Waals surface area contributed by atoms with E-state index in [1.165, 1.54) is 6.08 Å². The van der Waals surface area contributed by atoms with E-state index in [2.05, 4.69) is 5.32 Å². The van der Waals surface area contributed by atoms with Crippen molar-refractivity contribution in [1.29, 1.82) is 0 Å². The number of amides is 1. The zero-order valence-corrected chi connectivity index (χ0v) is 12.6. The maximum atomic E-state index is 11.6. The summed E-state index contributed by atoms with van der Waals surface area (Å²) in [5.74, 6) is 1.22. The number of carbonyl (C=O) groups excluding carboxylic acids is 1. The van der Waals surface area contributed by atoms with Crippen molar-refractivity contribution in [3.63, 3.8) is 0 Å². The van der Waals surface area contributed by atoms with Crippen molar-refractivity contribution in [3.8, 4) is 11.5 Å². The van der Waals surface area contributed by atoms with Crippen molar-refractivity contribution in [2.45, 2.75) is 0 Å². The fourth-order valence-electron chi connectivity index (χ4n) is 1.68. The number of benzene rings is 1. The van der Waals surface area contributed by atoms with Gasteiger partial charge in [0.25, 0.3) is 0 Å². The van der Waals surface area contributed by atoms with Crippen molar-refractivity contribution in [3.05, 3.63) is 52.7 Å². The average molecular weight is 303 g/mol. The van der Waals surface area contributed by atoms with Gasteiger partial charge >= 0.3 is 0 Å². The van der Waals surface area contributed by atoms with Gasteiger partial charge < -0.3 is 14.8 Å². The Kier molecular flexibility index (Phi) is 5.84. The van der Waals surface area contributed by atoms with Gasteiger partial charge in [-0.25, -0.2) is 0 Å².